The Morgan fingerprint density at radius 2 is 1.96 bits per heavy atom. The van der Waals surface area contributed by atoms with Crippen LogP contribution in [0.2, 0.25) is 0 Å². The Bertz CT molecular complexity index is 612. The van der Waals surface area contributed by atoms with E-state index in [4.69, 9.17) is 9.47 Å². The normalized spacial score (nSPS) is 19.3. The molecule has 1 heterocycles. The Kier molecular flexibility index (Phi) is 6.27. The van der Waals surface area contributed by atoms with Gasteiger partial charge in [-0.15, -0.1) is 0 Å². The maximum absolute atomic E-state index is 11.7. The summed E-state index contributed by atoms with van der Waals surface area (Å²) in [7, 11) is -1.26. The zero-order valence-corrected chi connectivity index (χ0v) is 14.1. The van der Waals surface area contributed by atoms with Crippen molar-refractivity contribution in [2.24, 2.45) is 5.92 Å². The number of amides is 1. The number of carbonyl (C=O) groups is 1. The summed E-state index contributed by atoms with van der Waals surface area (Å²) in [5.74, 6) is 2.03. The molecule has 0 spiro atoms. The summed E-state index contributed by atoms with van der Waals surface area (Å²) in [5.41, 5.74) is 0. The van der Waals surface area contributed by atoms with E-state index in [0.29, 0.717) is 32.4 Å². The van der Waals surface area contributed by atoms with Crippen molar-refractivity contribution in [2.75, 3.05) is 31.8 Å². The van der Waals surface area contributed by atoms with E-state index in [1.54, 1.807) is 19.2 Å². The lowest BCUT2D eigenvalue weighted by Crippen LogP contribution is -2.28. The standard InChI is InChI=1S/C16H23NO5S/c1-21-14-3-5-15(6-4-14)22-10-9-17-16(18)7-2-13-8-11-23(19,20)12-13/h3-6,13H,2,7-12H2,1H3,(H,17,18). The number of hydrogen-bond acceptors (Lipinski definition) is 5. The lowest BCUT2D eigenvalue weighted by atomic mass is 10.0. The third kappa shape index (κ3) is 6.09. The first-order valence-corrected chi connectivity index (χ1v) is 9.54. The quantitative estimate of drug-likeness (QED) is 0.723. The van der Waals surface area contributed by atoms with Gasteiger partial charge in [-0.25, -0.2) is 8.42 Å². The number of nitrogens with one attached hydrogen (secondary N) is 1. The second kappa shape index (κ2) is 8.19. The number of ether oxygens (including phenoxy) is 2. The zero-order chi connectivity index (χ0) is 16.7. The molecule has 1 aromatic rings. The minimum atomic E-state index is -2.86. The van der Waals surface area contributed by atoms with Crippen LogP contribution < -0.4 is 14.8 Å². The third-order valence-corrected chi connectivity index (χ3v) is 5.70. The lowest BCUT2D eigenvalue weighted by molar-refractivity contribution is -0.121. The molecule has 1 saturated heterocycles. The van der Waals surface area contributed by atoms with Gasteiger partial charge >= 0.3 is 0 Å². The van der Waals surface area contributed by atoms with E-state index < -0.39 is 9.84 Å². The second-order valence-electron chi connectivity index (χ2n) is 5.68. The van der Waals surface area contributed by atoms with Crippen molar-refractivity contribution in [3.8, 4) is 11.5 Å². The van der Waals surface area contributed by atoms with Crippen LogP contribution in [0.4, 0.5) is 0 Å². The number of methoxy groups -OCH3 is 1. The Morgan fingerprint density at radius 1 is 1.26 bits per heavy atom. The van der Waals surface area contributed by atoms with Crippen molar-refractivity contribution in [1.82, 2.24) is 5.32 Å². The molecule has 2 rings (SSSR count). The molecular formula is C16H23NO5S. The number of sulfone groups is 1. The van der Waals surface area contributed by atoms with Gasteiger partial charge in [0.15, 0.2) is 9.84 Å². The molecule has 0 radical (unpaired) electrons. The molecule has 0 saturated carbocycles. The fourth-order valence-corrected chi connectivity index (χ4v) is 4.47. The first-order chi connectivity index (χ1) is 11.0. The Labute approximate surface area is 137 Å². The van der Waals surface area contributed by atoms with Crippen molar-refractivity contribution < 1.29 is 22.7 Å². The van der Waals surface area contributed by atoms with Crippen LogP contribution in [0.3, 0.4) is 0 Å². The summed E-state index contributed by atoms with van der Waals surface area (Å²) < 4.78 is 33.3. The molecule has 1 atom stereocenters. The van der Waals surface area contributed by atoms with Crippen LogP contribution in [0.1, 0.15) is 19.3 Å². The van der Waals surface area contributed by atoms with Gasteiger partial charge in [0, 0.05) is 6.42 Å². The van der Waals surface area contributed by atoms with Crippen molar-refractivity contribution in [2.45, 2.75) is 19.3 Å². The number of hydrogen-bond donors (Lipinski definition) is 1. The Morgan fingerprint density at radius 3 is 2.57 bits per heavy atom. The highest BCUT2D eigenvalue weighted by atomic mass is 32.2. The summed E-state index contributed by atoms with van der Waals surface area (Å²) >= 11 is 0. The van der Waals surface area contributed by atoms with Crippen LogP contribution in [-0.4, -0.2) is 46.1 Å². The van der Waals surface area contributed by atoms with E-state index in [9.17, 15) is 13.2 Å². The van der Waals surface area contributed by atoms with Crippen LogP contribution in [0.15, 0.2) is 24.3 Å². The van der Waals surface area contributed by atoms with Gasteiger partial charge in [-0.1, -0.05) is 0 Å². The van der Waals surface area contributed by atoms with Crippen LogP contribution in [0.25, 0.3) is 0 Å². The van der Waals surface area contributed by atoms with Gasteiger partial charge in [-0.3, -0.25) is 4.79 Å². The highest BCUT2D eigenvalue weighted by Crippen LogP contribution is 2.22. The summed E-state index contributed by atoms with van der Waals surface area (Å²) in [4.78, 5) is 11.7. The first-order valence-electron chi connectivity index (χ1n) is 7.72. The number of benzene rings is 1. The second-order valence-corrected chi connectivity index (χ2v) is 7.91. The minimum absolute atomic E-state index is 0.0624. The molecule has 128 valence electrons. The maximum atomic E-state index is 11.7. The molecule has 1 aromatic carbocycles. The van der Waals surface area contributed by atoms with Crippen molar-refractivity contribution >= 4 is 15.7 Å². The largest absolute Gasteiger partial charge is 0.497 e. The summed E-state index contributed by atoms with van der Waals surface area (Å²) in [5, 5.41) is 2.78. The van der Waals surface area contributed by atoms with Crippen LogP contribution >= 0.6 is 0 Å². The highest BCUT2D eigenvalue weighted by molar-refractivity contribution is 7.91. The van der Waals surface area contributed by atoms with E-state index in [-0.39, 0.29) is 23.3 Å². The molecule has 1 N–H and O–H groups in total. The molecule has 1 amide bonds. The molecule has 0 aromatic heterocycles. The molecule has 1 fully saturated rings. The monoisotopic (exact) mass is 341 g/mol. The fourth-order valence-electron chi connectivity index (χ4n) is 2.55. The number of carbonyl (C=O) groups excluding carboxylic acids is 1. The average molecular weight is 341 g/mol. The van der Waals surface area contributed by atoms with Gasteiger partial charge in [0.05, 0.1) is 25.2 Å². The van der Waals surface area contributed by atoms with E-state index in [2.05, 4.69) is 5.32 Å². The van der Waals surface area contributed by atoms with Gasteiger partial charge in [-0.05, 0) is 43.0 Å². The Hall–Kier alpha value is -1.76. The van der Waals surface area contributed by atoms with Gasteiger partial charge < -0.3 is 14.8 Å². The first kappa shape index (κ1) is 17.6. The topological polar surface area (TPSA) is 81.7 Å². The van der Waals surface area contributed by atoms with Gasteiger partial charge in [0.2, 0.25) is 5.91 Å². The van der Waals surface area contributed by atoms with Crippen LogP contribution in [-0.2, 0) is 14.6 Å². The molecular weight excluding hydrogens is 318 g/mol. The SMILES string of the molecule is COc1ccc(OCCNC(=O)CCC2CCS(=O)(=O)C2)cc1. The molecule has 7 heteroatoms. The fraction of sp³-hybridized carbons (Fsp3) is 0.562. The number of rotatable bonds is 8. The predicted molar refractivity (Wildman–Crippen MR) is 87.5 cm³/mol. The summed E-state index contributed by atoms with van der Waals surface area (Å²) in [6.45, 7) is 0.809. The average Bonchev–Trinajstić information content (AvgIpc) is 2.89. The maximum Gasteiger partial charge on any atom is 0.220 e. The molecule has 6 nitrogen and oxygen atoms in total. The zero-order valence-electron chi connectivity index (χ0n) is 13.3. The van der Waals surface area contributed by atoms with Gasteiger partial charge in [-0.2, -0.15) is 0 Å². The van der Waals surface area contributed by atoms with E-state index in [0.717, 1.165) is 11.5 Å². The third-order valence-electron chi connectivity index (χ3n) is 3.86. The van der Waals surface area contributed by atoms with E-state index in [1.165, 1.54) is 0 Å². The van der Waals surface area contributed by atoms with E-state index >= 15 is 0 Å². The van der Waals surface area contributed by atoms with Crippen molar-refractivity contribution in [1.29, 1.82) is 0 Å². The molecule has 1 aliphatic heterocycles. The smallest absolute Gasteiger partial charge is 0.220 e. The summed E-state index contributed by atoms with van der Waals surface area (Å²) in [6.07, 6.45) is 1.67. The summed E-state index contributed by atoms with van der Waals surface area (Å²) in [6, 6.07) is 7.23. The lowest BCUT2D eigenvalue weighted by Gasteiger charge is -2.10. The van der Waals surface area contributed by atoms with Gasteiger partial charge in [0.25, 0.3) is 0 Å². The van der Waals surface area contributed by atoms with Crippen LogP contribution in [0.5, 0.6) is 11.5 Å². The highest BCUT2D eigenvalue weighted by Gasteiger charge is 2.27. The minimum Gasteiger partial charge on any atom is -0.497 e. The molecule has 23 heavy (non-hydrogen) atoms. The van der Waals surface area contributed by atoms with Crippen molar-refractivity contribution in [3.05, 3.63) is 24.3 Å². The Balaban J connectivity index is 1.57. The van der Waals surface area contributed by atoms with Gasteiger partial charge in [0.1, 0.15) is 18.1 Å². The van der Waals surface area contributed by atoms with Crippen LogP contribution in [0, 0.1) is 5.92 Å². The van der Waals surface area contributed by atoms with E-state index in [1.807, 2.05) is 12.1 Å². The molecule has 1 unspecified atom stereocenters. The predicted octanol–water partition coefficient (Wildman–Crippen LogP) is 1.41. The molecule has 0 bridgehead atoms. The van der Waals surface area contributed by atoms with Crippen molar-refractivity contribution in [3.63, 3.8) is 0 Å². The molecule has 0 aliphatic carbocycles. The molecule has 1 aliphatic rings.